The number of hydroxylamine groups is 4. The van der Waals surface area contributed by atoms with Gasteiger partial charge in [-0.3, -0.25) is 102 Å². The second-order valence-electron chi connectivity index (χ2n) is 26.4. The van der Waals surface area contributed by atoms with Crippen LogP contribution in [0.5, 0.6) is 0 Å². The molecule has 0 radical (unpaired) electrons. The molecule has 0 spiro atoms. The number of aliphatic hydroxyl groups is 6. The molecular formula is C63H102N18O28. The average molecular weight is 1560 g/mol. The number of nitrogens with two attached hydrogens (primary N) is 1. The SMILES string of the molecule is NCCCC[C@H](NC(=O)[C@@H](CO)NC(=O)[C@@H]1CCNC2C(NC(=O)CCC(=O)C(=O)O)CC3CC(O)C(O)CC3N21)C(=O)NCC(=O)N[C@@H](CCCN(O)C=O)C(=O)N[C@H](CO)C(=O)N[C@@H](CO)C(=O)NCC(=O)NC1CCCCNC(=O)[C@H](CO)NC(=O)[C@H](CCC(=O)O)NC(=O)C(CCCN(O)C=O)NC1=O. The molecule has 0 aromatic carbocycles. The number of carbonyl (C=O) groups is 18. The number of aliphatic carboxylic acids is 2. The molecule has 0 bridgehead atoms. The highest BCUT2D eigenvalue weighted by atomic mass is 16.5. The Kier molecular flexibility index (Phi) is 39.7. The topological polar surface area (TPSA) is 714 Å². The van der Waals surface area contributed by atoms with E-state index in [4.69, 9.17) is 10.8 Å². The van der Waals surface area contributed by atoms with E-state index in [1.165, 1.54) is 0 Å². The van der Waals surface area contributed by atoms with Crippen molar-refractivity contribution < 1.29 is 138 Å². The van der Waals surface area contributed by atoms with Gasteiger partial charge in [0.05, 0.1) is 70.0 Å². The smallest absolute Gasteiger partial charge is 0.372 e. The molecule has 0 aromatic rings. The van der Waals surface area contributed by atoms with Crippen molar-refractivity contribution in [2.75, 3.05) is 72.2 Å². The van der Waals surface area contributed by atoms with Crippen LogP contribution >= 0.6 is 0 Å². The third-order valence-electron chi connectivity index (χ3n) is 18.4. The maximum Gasteiger partial charge on any atom is 0.372 e. The normalized spacial score (nSPS) is 23.9. The second-order valence-corrected chi connectivity index (χ2v) is 26.4. The van der Waals surface area contributed by atoms with E-state index in [9.17, 15) is 132 Å². The van der Waals surface area contributed by atoms with Crippen LogP contribution in [0.15, 0.2) is 0 Å². The van der Waals surface area contributed by atoms with E-state index >= 15 is 0 Å². The van der Waals surface area contributed by atoms with Crippen molar-refractivity contribution in [3.63, 3.8) is 0 Å². The Morgan fingerprint density at radius 1 is 0.550 bits per heavy atom. The fourth-order valence-corrected chi connectivity index (χ4v) is 12.6. The standard InChI is InChI=1S/C63H102N18O28/c64-16-3-1-7-33(72-60(103)42(29-85)78-62(105)43-15-18-65-52-38(71-48(91)13-12-45(88)63(106)107)21-32-22-46(89)47(90)23-44(32)81(43)52)53(96)67-24-49(92)70-35(9-5-19-79(108)30-86)57(100)77-41(28-84)61(104)76-40(27-83)55(98)68-25-50(93)69-34-8-2-4-17-66-54(97)39(26-82)75-59(102)37(11-14-51(94)95)74-58(101)36(73-56(34)99)10-6-20-80(109)31-87/h30-44,46-47,52,65,82-85,89-90,108-109H,1-29,64H2,(H,66,97)(H,67,96)(H,68,98)(H,69,93)(H,70,92)(H,71,91)(H,72,103)(H,73,99)(H,74,101)(H,75,102)(H,76,104)(H,77,100)(H,78,105)(H,94,95)(H,106,107)/t32?,33-,34?,35-,36?,37-,38?,39-,40-,41+,42+,43-,44?,46?,47?,52?/m0/s1. The minimum atomic E-state index is -1.98. The number of ketones is 1. The molecule has 8 unspecified atom stereocenters. The molecule has 4 rings (SSSR count). The van der Waals surface area contributed by atoms with Crippen molar-refractivity contribution >= 4 is 107 Å². The van der Waals surface area contributed by atoms with E-state index in [0.29, 0.717) is 6.42 Å². The first-order valence-electron chi connectivity index (χ1n) is 35.5. The van der Waals surface area contributed by atoms with Crippen molar-refractivity contribution in [2.24, 2.45) is 11.7 Å². The number of hydrogen-bond donors (Lipinski definition) is 25. The molecule has 4 aliphatic rings. The van der Waals surface area contributed by atoms with Gasteiger partial charge >= 0.3 is 11.9 Å². The summed E-state index contributed by atoms with van der Waals surface area (Å²) in [5.74, 6) is -18.4. The van der Waals surface area contributed by atoms with Crippen molar-refractivity contribution in [1.82, 2.24) is 89.5 Å². The van der Waals surface area contributed by atoms with Crippen LogP contribution < -0.4 is 80.2 Å². The number of aliphatic hydroxyl groups excluding tert-OH is 6. The molecular weight excluding hydrogens is 1460 g/mol. The number of carboxylic acid groups (broad SMARTS) is 2. The third-order valence-corrected chi connectivity index (χ3v) is 18.4. The number of Topliss-reactive ketones (excluding diaryl/α,β-unsaturated/α-hetero) is 1. The monoisotopic (exact) mass is 1560 g/mol. The molecule has 3 saturated heterocycles. The first kappa shape index (κ1) is 91.6. The van der Waals surface area contributed by atoms with Crippen LogP contribution in [0.3, 0.4) is 0 Å². The lowest BCUT2D eigenvalue weighted by Gasteiger charge is -2.57. The van der Waals surface area contributed by atoms with Crippen LogP contribution in [0, 0.1) is 5.92 Å². The molecule has 3 aliphatic heterocycles. The maximum absolute atomic E-state index is 14.3. The molecule has 1 aliphatic carbocycles. The lowest BCUT2D eigenvalue weighted by Crippen LogP contribution is -2.75. The highest BCUT2D eigenvalue weighted by molar-refractivity contribution is 6.32. The predicted octanol–water partition coefficient (Wildman–Crippen LogP) is -13.1. The summed E-state index contributed by atoms with van der Waals surface area (Å²) in [4.78, 5) is 235. The molecule has 109 heavy (non-hydrogen) atoms. The lowest BCUT2D eigenvalue weighted by molar-refractivity contribution is -0.151. The van der Waals surface area contributed by atoms with Gasteiger partial charge < -0.3 is 116 Å². The van der Waals surface area contributed by atoms with Gasteiger partial charge in [0, 0.05) is 44.9 Å². The van der Waals surface area contributed by atoms with Crippen molar-refractivity contribution in [3.8, 4) is 0 Å². The maximum atomic E-state index is 14.3. The minimum absolute atomic E-state index is 0.0112. The van der Waals surface area contributed by atoms with Gasteiger partial charge in [-0.15, -0.1) is 0 Å². The summed E-state index contributed by atoms with van der Waals surface area (Å²) in [6, 6.07) is -17.7. The Morgan fingerprint density at radius 2 is 1.09 bits per heavy atom. The highest BCUT2D eigenvalue weighted by Gasteiger charge is 2.53. The molecule has 46 nitrogen and oxygen atoms in total. The van der Waals surface area contributed by atoms with E-state index in [-0.39, 0.29) is 126 Å². The van der Waals surface area contributed by atoms with Gasteiger partial charge in [0.2, 0.25) is 95.4 Å². The molecule has 612 valence electrons. The predicted molar refractivity (Wildman–Crippen MR) is 365 cm³/mol. The number of nitrogens with one attached hydrogen (secondary N) is 14. The number of amides is 15. The molecule has 26 N–H and O–H groups in total. The van der Waals surface area contributed by atoms with E-state index < -0.39 is 269 Å². The van der Waals surface area contributed by atoms with Gasteiger partial charge in [0.1, 0.15) is 54.4 Å². The number of carbonyl (C=O) groups excluding carboxylic acids is 16. The summed E-state index contributed by atoms with van der Waals surface area (Å²) in [5, 5.41) is 134. The number of piperidine rings is 1. The summed E-state index contributed by atoms with van der Waals surface area (Å²) >= 11 is 0. The summed E-state index contributed by atoms with van der Waals surface area (Å²) in [6.07, 6.45) is -5.87. The fourth-order valence-electron chi connectivity index (χ4n) is 12.6. The summed E-state index contributed by atoms with van der Waals surface area (Å²) < 4.78 is 0. The molecule has 0 aromatic heterocycles. The lowest BCUT2D eigenvalue weighted by atomic mass is 9.72. The number of unbranched alkanes of at least 4 members (excludes halogenated alkanes) is 1. The Bertz CT molecular complexity index is 3180. The minimum Gasteiger partial charge on any atom is -0.481 e. The van der Waals surface area contributed by atoms with E-state index in [2.05, 4.69) is 74.4 Å². The number of hydrogen-bond acceptors (Lipinski definition) is 29. The highest BCUT2D eigenvalue weighted by Crippen LogP contribution is 2.40. The molecule has 1 saturated carbocycles. The first-order chi connectivity index (χ1) is 51.8. The van der Waals surface area contributed by atoms with Crippen LogP contribution in [0.2, 0.25) is 0 Å². The zero-order valence-corrected chi connectivity index (χ0v) is 59.6. The van der Waals surface area contributed by atoms with Gasteiger partial charge in [-0.2, -0.15) is 0 Å². The molecule has 16 atom stereocenters. The van der Waals surface area contributed by atoms with Crippen LogP contribution in [0.1, 0.15) is 116 Å². The Balaban J connectivity index is 1.43. The largest absolute Gasteiger partial charge is 0.481 e. The molecule has 4 fully saturated rings. The Labute approximate surface area is 622 Å². The van der Waals surface area contributed by atoms with E-state index in [1.54, 1.807) is 4.90 Å². The summed E-state index contributed by atoms with van der Waals surface area (Å²) in [5.41, 5.74) is 5.70. The third kappa shape index (κ3) is 30.3. The second kappa shape index (κ2) is 47.2. The Morgan fingerprint density at radius 3 is 1.70 bits per heavy atom. The average Bonchev–Trinajstić information content (AvgIpc) is 0.748. The summed E-state index contributed by atoms with van der Waals surface area (Å²) in [6.45, 7) is -6.86. The number of carboxylic acids is 2. The van der Waals surface area contributed by atoms with Gasteiger partial charge in [0.25, 0.3) is 0 Å². The zero-order valence-electron chi connectivity index (χ0n) is 59.6. The van der Waals surface area contributed by atoms with Crippen LogP contribution in [0.25, 0.3) is 0 Å². The first-order valence-corrected chi connectivity index (χ1v) is 35.5. The fraction of sp³-hybridized carbons (Fsp3) is 0.714. The number of rotatable bonds is 42. The Hall–Kier alpha value is -9.78. The van der Waals surface area contributed by atoms with E-state index in [0.717, 1.165) is 0 Å². The van der Waals surface area contributed by atoms with Gasteiger partial charge in [0.15, 0.2) is 0 Å². The number of nitrogens with zero attached hydrogens (tertiary/aromatic N) is 3. The number of fused-ring (bicyclic) bond motifs is 3. The van der Waals surface area contributed by atoms with Crippen LogP contribution in [-0.2, 0) is 86.3 Å². The molecule has 3 heterocycles. The molecule has 15 amide bonds. The van der Waals surface area contributed by atoms with Crippen LogP contribution in [-0.4, -0.2) is 337 Å². The van der Waals surface area contributed by atoms with Crippen molar-refractivity contribution in [3.05, 3.63) is 0 Å². The quantitative estimate of drug-likeness (QED) is 0.00887. The van der Waals surface area contributed by atoms with E-state index in [1.807, 2.05) is 0 Å². The van der Waals surface area contributed by atoms with Crippen molar-refractivity contribution in [2.45, 2.75) is 206 Å². The van der Waals surface area contributed by atoms with Crippen LogP contribution in [0.4, 0.5) is 0 Å². The zero-order chi connectivity index (χ0) is 81.0. The van der Waals surface area contributed by atoms with Crippen molar-refractivity contribution in [1.29, 1.82) is 0 Å². The molecule has 46 heteroatoms. The van der Waals surface area contributed by atoms with Gasteiger partial charge in [-0.05, 0) is 115 Å². The van der Waals surface area contributed by atoms with Gasteiger partial charge in [-0.25, -0.2) is 14.9 Å². The van der Waals surface area contributed by atoms with Gasteiger partial charge in [-0.1, -0.05) is 0 Å². The summed E-state index contributed by atoms with van der Waals surface area (Å²) in [7, 11) is 0.